The average molecular weight is 500 g/mol. The molecule has 0 aliphatic carbocycles. The quantitative estimate of drug-likeness (QED) is 0.218. The van der Waals surface area contributed by atoms with E-state index in [0.29, 0.717) is 10.6 Å². The molecular formula is C19H10ClN7O4S2. The van der Waals surface area contributed by atoms with Gasteiger partial charge in [0.05, 0.1) is 21.2 Å². The van der Waals surface area contributed by atoms with E-state index in [1.54, 1.807) is 24.3 Å². The molecule has 14 heteroatoms. The number of nitrogens with two attached hydrogens (primary N) is 1. The Kier molecular flexibility index (Phi) is 5.00. The summed E-state index contributed by atoms with van der Waals surface area (Å²) in [6, 6.07) is 12.3. The van der Waals surface area contributed by atoms with Gasteiger partial charge in [-0.3, -0.25) is 19.5 Å². The van der Waals surface area contributed by atoms with Gasteiger partial charge in [-0.25, -0.2) is 9.55 Å². The van der Waals surface area contributed by atoms with Gasteiger partial charge in [0.2, 0.25) is 0 Å². The molecule has 0 aliphatic heterocycles. The highest BCUT2D eigenvalue weighted by Crippen LogP contribution is 2.29. The first kappa shape index (κ1) is 20.9. The minimum absolute atomic E-state index is 0.0793. The van der Waals surface area contributed by atoms with E-state index >= 15 is 0 Å². The molecule has 164 valence electrons. The van der Waals surface area contributed by atoms with Gasteiger partial charge in [0.25, 0.3) is 17.1 Å². The fourth-order valence-electron chi connectivity index (χ4n) is 3.19. The van der Waals surface area contributed by atoms with E-state index in [4.69, 9.17) is 34.0 Å². The number of rotatable bonds is 4. The van der Waals surface area contributed by atoms with Gasteiger partial charge in [0.1, 0.15) is 4.70 Å². The number of nitro benzene ring substituents is 1. The molecule has 0 fully saturated rings. The summed E-state index contributed by atoms with van der Waals surface area (Å²) in [4.78, 5) is 28.1. The number of thiazole rings is 1. The summed E-state index contributed by atoms with van der Waals surface area (Å²) in [5.41, 5.74) is 5.94. The number of non-ortho nitro benzene ring substituents is 1. The number of anilines is 1. The number of nitro groups is 1. The van der Waals surface area contributed by atoms with E-state index in [-0.39, 0.29) is 43.5 Å². The number of aromatic nitrogens is 5. The average Bonchev–Trinajstić information content (AvgIpc) is 3.42. The summed E-state index contributed by atoms with van der Waals surface area (Å²) in [5, 5.41) is 19.9. The van der Waals surface area contributed by atoms with Gasteiger partial charge in [0.15, 0.2) is 15.5 Å². The van der Waals surface area contributed by atoms with Gasteiger partial charge < -0.3 is 10.2 Å². The van der Waals surface area contributed by atoms with Crippen LogP contribution in [-0.2, 0) is 0 Å². The van der Waals surface area contributed by atoms with E-state index < -0.39 is 10.5 Å². The molecule has 2 N–H and O–H groups in total. The summed E-state index contributed by atoms with van der Waals surface area (Å²) < 4.78 is 8.31. The Morgan fingerprint density at radius 2 is 1.94 bits per heavy atom. The van der Waals surface area contributed by atoms with Gasteiger partial charge in [-0.2, -0.15) is 0 Å². The third-order valence-corrected chi connectivity index (χ3v) is 6.18. The normalized spacial score (nSPS) is 11.2. The van der Waals surface area contributed by atoms with Crippen molar-refractivity contribution in [1.29, 1.82) is 0 Å². The van der Waals surface area contributed by atoms with Crippen molar-refractivity contribution in [3.63, 3.8) is 0 Å². The Morgan fingerprint density at radius 1 is 1.15 bits per heavy atom. The molecule has 0 atom stereocenters. The van der Waals surface area contributed by atoms with Gasteiger partial charge in [-0.1, -0.05) is 46.2 Å². The molecule has 0 spiro atoms. The molecule has 0 unspecified atom stereocenters. The minimum Gasteiger partial charge on any atom is -0.403 e. The maximum atomic E-state index is 13.2. The molecule has 0 saturated heterocycles. The molecule has 2 aromatic carbocycles. The lowest BCUT2D eigenvalue weighted by Gasteiger charge is -2.10. The van der Waals surface area contributed by atoms with Crippen molar-refractivity contribution in [2.45, 2.75) is 0 Å². The van der Waals surface area contributed by atoms with Crippen LogP contribution in [0.5, 0.6) is 0 Å². The minimum atomic E-state index is -0.567. The van der Waals surface area contributed by atoms with E-state index in [1.807, 2.05) is 0 Å². The molecule has 0 bridgehead atoms. The number of benzene rings is 2. The molecule has 5 aromatic rings. The molecule has 33 heavy (non-hydrogen) atoms. The zero-order chi connectivity index (χ0) is 23.3. The summed E-state index contributed by atoms with van der Waals surface area (Å²) in [7, 11) is 0. The number of halogens is 1. The molecule has 11 nitrogen and oxygen atoms in total. The van der Waals surface area contributed by atoms with Crippen LogP contribution < -0.4 is 11.3 Å². The van der Waals surface area contributed by atoms with Crippen molar-refractivity contribution in [2.24, 2.45) is 0 Å². The fourth-order valence-corrected chi connectivity index (χ4v) is 4.51. The Morgan fingerprint density at radius 3 is 2.70 bits per heavy atom. The number of nitrogens with zero attached hydrogens (tertiary/aromatic N) is 6. The monoisotopic (exact) mass is 499 g/mol. The van der Waals surface area contributed by atoms with Crippen LogP contribution in [0.3, 0.4) is 0 Å². The number of nitrogen functional groups attached to an aromatic ring is 1. The van der Waals surface area contributed by atoms with Crippen LogP contribution >= 0.6 is 35.2 Å². The van der Waals surface area contributed by atoms with Gasteiger partial charge in [-0.15, -0.1) is 5.10 Å². The zero-order valence-electron chi connectivity index (χ0n) is 16.2. The lowest BCUT2D eigenvalue weighted by atomic mass is 10.2. The highest BCUT2D eigenvalue weighted by atomic mass is 35.5. The zero-order valence-corrected chi connectivity index (χ0v) is 18.6. The van der Waals surface area contributed by atoms with Crippen LogP contribution in [0.1, 0.15) is 0 Å². The maximum absolute atomic E-state index is 13.2. The molecule has 3 heterocycles. The number of hydrogen-bond acceptors (Lipinski definition) is 10. The van der Waals surface area contributed by atoms with Crippen LogP contribution in [0.2, 0.25) is 5.02 Å². The summed E-state index contributed by atoms with van der Waals surface area (Å²) in [5.74, 6) is 0.127. The highest BCUT2D eigenvalue weighted by molar-refractivity contribution is 7.71. The highest BCUT2D eigenvalue weighted by Gasteiger charge is 2.22. The smallest absolute Gasteiger partial charge is 0.330 e. The first-order valence-corrected chi connectivity index (χ1v) is 10.7. The van der Waals surface area contributed by atoms with Gasteiger partial charge in [-0.05, 0) is 30.4 Å². The van der Waals surface area contributed by atoms with Crippen molar-refractivity contribution in [3.8, 4) is 23.2 Å². The Hall–Kier alpha value is -3.94. The van der Waals surface area contributed by atoms with Crippen molar-refractivity contribution >= 4 is 56.3 Å². The Bertz CT molecular complexity index is 1690. The maximum Gasteiger partial charge on any atom is 0.330 e. The lowest BCUT2D eigenvalue weighted by Crippen LogP contribution is -2.23. The predicted molar refractivity (Wildman–Crippen MR) is 125 cm³/mol. The van der Waals surface area contributed by atoms with E-state index in [2.05, 4.69) is 15.2 Å². The molecule has 5 rings (SSSR count). The van der Waals surface area contributed by atoms with Crippen molar-refractivity contribution in [2.75, 3.05) is 5.73 Å². The summed E-state index contributed by atoms with van der Waals surface area (Å²) >= 11 is 12.7. The SMILES string of the molecule is Nc1nc2c(s1)c(=O)n(-c1cccc([N+](=O)[O-])c1)c(=S)n2-c1nnc(-c2ccccc2Cl)o1. The lowest BCUT2D eigenvalue weighted by molar-refractivity contribution is -0.384. The third-order valence-electron chi connectivity index (χ3n) is 4.63. The van der Waals surface area contributed by atoms with E-state index in [9.17, 15) is 14.9 Å². The van der Waals surface area contributed by atoms with Gasteiger partial charge >= 0.3 is 6.01 Å². The second-order valence-electron chi connectivity index (χ2n) is 6.61. The van der Waals surface area contributed by atoms with Crippen LogP contribution in [0.25, 0.3) is 33.5 Å². The Labute approximate surface area is 197 Å². The van der Waals surface area contributed by atoms with Crippen LogP contribution in [0, 0.1) is 14.9 Å². The van der Waals surface area contributed by atoms with Crippen molar-refractivity contribution in [3.05, 3.63) is 78.8 Å². The van der Waals surface area contributed by atoms with E-state index in [1.165, 1.54) is 28.8 Å². The standard InChI is InChI=1S/C19H10ClN7O4S2/c20-12-7-2-1-6-11(12)15-23-24-18(31-15)26-14-13(33-17(21)22-14)16(28)25(19(26)32)9-4-3-5-10(8-9)27(29)30/h1-8H,(H2,21,22). The predicted octanol–water partition coefficient (Wildman–Crippen LogP) is 4.16. The first-order valence-electron chi connectivity index (χ1n) is 9.13. The van der Waals surface area contributed by atoms with E-state index in [0.717, 1.165) is 15.9 Å². The first-order chi connectivity index (χ1) is 15.8. The third kappa shape index (κ3) is 3.47. The van der Waals surface area contributed by atoms with Crippen LogP contribution in [0.15, 0.2) is 57.7 Å². The van der Waals surface area contributed by atoms with Gasteiger partial charge in [0, 0.05) is 12.1 Å². The van der Waals surface area contributed by atoms with Crippen LogP contribution in [0.4, 0.5) is 10.8 Å². The summed E-state index contributed by atoms with van der Waals surface area (Å²) in [6.45, 7) is 0. The van der Waals surface area contributed by atoms with Crippen LogP contribution in [-0.4, -0.2) is 29.2 Å². The molecule has 0 aliphatic rings. The topological polar surface area (TPSA) is 148 Å². The Balaban J connectivity index is 1.80. The van der Waals surface area contributed by atoms with Crippen molar-refractivity contribution in [1.82, 2.24) is 24.3 Å². The molecule has 3 aromatic heterocycles. The summed E-state index contributed by atoms with van der Waals surface area (Å²) in [6.07, 6.45) is 0. The largest absolute Gasteiger partial charge is 0.403 e. The number of hydrogen-bond donors (Lipinski definition) is 1. The number of fused-ring (bicyclic) bond motifs is 1. The second-order valence-corrected chi connectivity index (χ2v) is 8.41. The molecule has 0 radical (unpaired) electrons. The van der Waals surface area contributed by atoms with Crippen molar-refractivity contribution < 1.29 is 9.34 Å². The molecular weight excluding hydrogens is 490 g/mol. The molecule has 0 saturated carbocycles. The second kappa shape index (κ2) is 7.88. The molecule has 0 amide bonds. The fraction of sp³-hybridized carbons (Fsp3) is 0.